The summed E-state index contributed by atoms with van der Waals surface area (Å²) in [5.74, 6) is -0.279. The van der Waals surface area contributed by atoms with Crippen molar-refractivity contribution in [2.45, 2.75) is 63.5 Å². The molecule has 0 radical (unpaired) electrons. The number of rotatable bonds is 3. The largest absolute Gasteiger partial charge is 0.338 e. The fourth-order valence-corrected chi connectivity index (χ4v) is 5.51. The lowest BCUT2D eigenvalue weighted by molar-refractivity contribution is -0.134. The van der Waals surface area contributed by atoms with Gasteiger partial charge in [0.1, 0.15) is 5.71 Å². The molecule has 2 aliphatic heterocycles. The number of hydrogen-bond acceptors (Lipinski definition) is 5. The summed E-state index contributed by atoms with van der Waals surface area (Å²) in [7, 11) is -1.29. The SMILES string of the molecule is CN(C(=O)C1=NN([C@@H]2CCS(=O)(=O)C2)C(=O)CC1)C1CCCCC1. The molecule has 3 rings (SSSR count). The summed E-state index contributed by atoms with van der Waals surface area (Å²) in [6.07, 6.45) is 6.48. The zero-order valence-electron chi connectivity index (χ0n) is 14.1. The highest BCUT2D eigenvalue weighted by Gasteiger charge is 2.38. The molecule has 0 bridgehead atoms. The van der Waals surface area contributed by atoms with Crippen LogP contribution in [0, 0.1) is 0 Å². The molecule has 0 N–H and O–H groups in total. The van der Waals surface area contributed by atoms with E-state index < -0.39 is 15.9 Å². The molecule has 0 spiro atoms. The van der Waals surface area contributed by atoms with Gasteiger partial charge in [-0.25, -0.2) is 13.4 Å². The van der Waals surface area contributed by atoms with E-state index in [4.69, 9.17) is 0 Å². The quantitative estimate of drug-likeness (QED) is 0.754. The standard InChI is InChI=1S/C16H25N3O4S/c1-18(12-5-3-2-4-6-12)16(21)14-7-8-15(20)19(17-14)13-9-10-24(22,23)11-13/h12-13H,2-11H2,1H3/t13-/m1/s1. The summed E-state index contributed by atoms with van der Waals surface area (Å²) in [5.41, 5.74) is 0.381. The Kier molecular flexibility index (Phi) is 4.94. The summed E-state index contributed by atoms with van der Waals surface area (Å²) < 4.78 is 23.3. The second-order valence-corrected chi connectivity index (χ2v) is 9.28. The summed E-state index contributed by atoms with van der Waals surface area (Å²) in [6, 6.07) is -0.183. The minimum absolute atomic E-state index is 0.0534. The van der Waals surface area contributed by atoms with E-state index in [1.807, 2.05) is 7.05 Å². The summed E-state index contributed by atoms with van der Waals surface area (Å²) >= 11 is 0. The van der Waals surface area contributed by atoms with Gasteiger partial charge in [-0.2, -0.15) is 5.10 Å². The lowest BCUT2D eigenvalue weighted by atomic mass is 9.94. The number of nitrogens with zero attached hydrogens (tertiary/aromatic N) is 3. The van der Waals surface area contributed by atoms with Crippen LogP contribution in [0.5, 0.6) is 0 Å². The van der Waals surface area contributed by atoms with Crippen LogP contribution in [0.15, 0.2) is 5.10 Å². The molecule has 1 saturated carbocycles. The molecule has 0 unspecified atom stereocenters. The predicted octanol–water partition coefficient (Wildman–Crippen LogP) is 0.943. The Morgan fingerprint density at radius 1 is 1.17 bits per heavy atom. The van der Waals surface area contributed by atoms with Gasteiger partial charge in [-0.3, -0.25) is 9.59 Å². The van der Waals surface area contributed by atoms with Crippen molar-refractivity contribution in [2.75, 3.05) is 18.6 Å². The van der Waals surface area contributed by atoms with Gasteiger partial charge in [0, 0.05) is 25.9 Å². The topological polar surface area (TPSA) is 87.1 Å². The van der Waals surface area contributed by atoms with Crippen molar-refractivity contribution in [1.82, 2.24) is 9.91 Å². The minimum atomic E-state index is -3.10. The number of hydrogen-bond donors (Lipinski definition) is 0. The summed E-state index contributed by atoms with van der Waals surface area (Å²) in [6.45, 7) is 0. The van der Waals surface area contributed by atoms with Gasteiger partial charge in [-0.1, -0.05) is 19.3 Å². The van der Waals surface area contributed by atoms with Crippen LogP contribution >= 0.6 is 0 Å². The van der Waals surface area contributed by atoms with Crippen LogP contribution in [-0.4, -0.2) is 66.5 Å². The zero-order chi connectivity index (χ0) is 17.3. The van der Waals surface area contributed by atoms with Crippen molar-refractivity contribution in [3.63, 3.8) is 0 Å². The second kappa shape index (κ2) is 6.82. The van der Waals surface area contributed by atoms with Gasteiger partial charge in [0.2, 0.25) is 5.91 Å². The van der Waals surface area contributed by atoms with Gasteiger partial charge in [0.15, 0.2) is 9.84 Å². The van der Waals surface area contributed by atoms with Crippen LogP contribution in [0.25, 0.3) is 0 Å². The molecule has 2 amide bonds. The maximum atomic E-state index is 12.7. The highest BCUT2D eigenvalue weighted by Crippen LogP contribution is 2.25. The number of carbonyl (C=O) groups excluding carboxylic acids is 2. The van der Waals surface area contributed by atoms with Gasteiger partial charge in [0.05, 0.1) is 17.5 Å². The number of hydrazone groups is 1. The van der Waals surface area contributed by atoms with Gasteiger partial charge in [0.25, 0.3) is 5.91 Å². The molecule has 1 atom stereocenters. The maximum absolute atomic E-state index is 12.7. The number of sulfone groups is 1. The Labute approximate surface area is 143 Å². The van der Waals surface area contributed by atoms with Crippen LogP contribution in [-0.2, 0) is 19.4 Å². The first-order valence-electron chi connectivity index (χ1n) is 8.74. The lowest BCUT2D eigenvalue weighted by Gasteiger charge is -2.33. The van der Waals surface area contributed by atoms with Gasteiger partial charge >= 0.3 is 0 Å². The van der Waals surface area contributed by atoms with Crippen molar-refractivity contribution in [1.29, 1.82) is 0 Å². The van der Waals surface area contributed by atoms with E-state index in [1.165, 1.54) is 11.4 Å². The van der Waals surface area contributed by atoms with E-state index in [0.29, 0.717) is 18.6 Å². The molecular weight excluding hydrogens is 330 g/mol. The Morgan fingerprint density at radius 3 is 2.50 bits per heavy atom. The average molecular weight is 355 g/mol. The molecule has 1 aliphatic carbocycles. The molecule has 2 heterocycles. The van der Waals surface area contributed by atoms with Crippen LogP contribution in [0.3, 0.4) is 0 Å². The average Bonchev–Trinajstić information content (AvgIpc) is 2.94. The normalized spacial score (nSPS) is 27.9. The number of carbonyl (C=O) groups is 2. The molecule has 0 aromatic heterocycles. The Hall–Kier alpha value is -1.44. The third-order valence-corrected chi connectivity index (χ3v) is 7.05. The van der Waals surface area contributed by atoms with E-state index in [0.717, 1.165) is 25.7 Å². The Balaban J connectivity index is 1.73. The van der Waals surface area contributed by atoms with Crippen LogP contribution < -0.4 is 0 Å². The van der Waals surface area contributed by atoms with E-state index in [-0.39, 0.29) is 35.8 Å². The van der Waals surface area contributed by atoms with E-state index in [9.17, 15) is 18.0 Å². The monoisotopic (exact) mass is 355 g/mol. The van der Waals surface area contributed by atoms with E-state index in [2.05, 4.69) is 5.10 Å². The van der Waals surface area contributed by atoms with Crippen molar-refractivity contribution in [3.05, 3.63) is 0 Å². The van der Waals surface area contributed by atoms with Crippen molar-refractivity contribution in [2.24, 2.45) is 5.10 Å². The number of amides is 2. The smallest absolute Gasteiger partial charge is 0.270 e. The molecule has 7 nitrogen and oxygen atoms in total. The molecule has 2 fully saturated rings. The highest BCUT2D eigenvalue weighted by atomic mass is 32.2. The Morgan fingerprint density at radius 2 is 1.88 bits per heavy atom. The molecule has 3 aliphatic rings. The van der Waals surface area contributed by atoms with Crippen molar-refractivity contribution < 1.29 is 18.0 Å². The molecule has 24 heavy (non-hydrogen) atoms. The predicted molar refractivity (Wildman–Crippen MR) is 90.2 cm³/mol. The lowest BCUT2D eigenvalue weighted by Crippen LogP contribution is -2.46. The molecule has 1 saturated heterocycles. The van der Waals surface area contributed by atoms with E-state index >= 15 is 0 Å². The van der Waals surface area contributed by atoms with Crippen LogP contribution in [0.2, 0.25) is 0 Å². The molecule has 8 heteroatoms. The molecule has 0 aromatic carbocycles. The third-order valence-electron chi connectivity index (χ3n) is 5.30. The van der Waals surface area contributed by atoms with Crippen LogP contribution in [0.1, 0.15) is 51.4 Å². The summed E-state index contributed by atoms with van der Waals surface area (Å²) in [4.78, 5) is 26.6. The van der Waals surface area contributed by atoms with Gasteiger partial charge in [-0.05, 0) is 19.3 Å². The van der Waals surface area contributed by atoms with Crippen LogP contribution in [0.4, 0.5) is 0 Å². The third kappa shape index (κ3) is 3.63. The van der Waals surface area contributed by atoms with Crippen molar-refractivity contribution in [3.8, 4) is 0 Å². The first kappa shape index (κ1) is 17.4. The summed E-state index contributed by atoms with van der Waals surface area (Å²) in [5, 5.41) is 5.53. The molecule has 0 aromatic rings. The second-order valence-electron chi connectivity index (χ2n) is 7.05. The fraction of sp³-hybridized carbons (Fsp3) is 0.812. The Bertz CT molecular complexity index is 652. The van der Waals surface area contributed by atoms with Gasteiger partial charge < -0.3 is 4.90 Å². The van der Waals surface area contributed by atoms with Gasteiger partial charge in [-0.15, -0.1) is 0 Å². The minimum Gasteiger partial charge on any atom is -0.338 e. The first-order valence-corrected chi connectivity index (χ1v) is 10.6. The van der Waals surface area contributed by atoms with Crippen molar-refractivity contribution >= 4 is 27.4 Å². The highest BCUT2D eigenvalue weighted by molar-refractivity contribution is 7.91. The molecule has 134 valence electrons. The van der Waals surface area contributed by atoms with E-state index in [1.54, 1.807) is 4.90 Å². The zero-order valence-corrected chi connectivity index (χ0v) is 14.9. The fourth-order valence-electron chi connectivity index (χ4n) is 3.82. The first-order chi connectivity index (χ1) is 11.4. The molecular formula is C16H25N3O4S. The maximum Gasteiger partial charge on any atom is 0.270 e.